The van der Waals surface area contributed by atoms with Crippen LogP contribution in [-0.2, 0) is 0 Å². The van der Waals surface area contributed by atoms with Crippen molar-refractivity contribution >= 4 is 39.1 Å². The van der Waals surface area contributed by atoms with Crippen LogP contribution >= 0.6 is 27.7 Å². The third-order valence-electron chi connectivity index (χ3n) is 1.99. The first-order chi connectivity index (χ1) is 8.67. The predicted octanol–water partition coefficient (Wildman–Crippen LogP) is 3.25. The van der Waals surface area contributed by atoms with Gasteiger partial charge in [0.05, 0.1) is 17.3 Å². The van der Waals surface area contributed by atoms with Gasteiger partial charge in [-0.05, 0) is 52.4 Å². The molecule has 0 bridgehead atoms. The van der Waals surface area contributed by atoms with E-state index in [9.17, 15) is 0 Å². The molecule has 1 aromatic carbocycles. The first-order valence-electron chi connectivity index (χ1n) is 5.50. The SMILES string of the molecule is CCCOc1ccc(/C=N\N=C(/N)SC)cc1Br. The van der Waals surface area contributed by atoms with Crippen molar-refractivity contribution in [2.24, 2.45) is 15.9 Å². The molecule has 0 spiro atoms. The van der Waals surface area contributed by atoms with Crippen molar-refractivity contribution in [1.82, 2.24) is 0 Å². The van der Waals surface area contributed by atoms with E-state index in [1.54, 1.807) is 6.21 Å². The Morgan fingerprint density at radius 3 is 2.94 bits per heavy atom. The third-order valence-corrected chi connectivity index (χ3v) is 3.11. The lowest BCUT2D eigenvalue weighted by Gasteiger charge is -2.06. The second kappa shape index (κ2) is 8.16. The maximum Gasteiger partial charge on any atom is 0.180 e. The van der Waals surface area contributed by atoms with Crippen molar-refractivity contribution in [2.45, 2.75) is 13.3 Å². The maximum atomic E-state index is 5.56. The lowest BCUT2D eigenvalue weighted by molar-refractivity contribution is 0.315. The van der Waals surface area contributed by atoms with Gasteiger partial charge in [-0.25, -0.2) is 0 Å². The van der Waals surface area contributed by atoms with E-state index in [2.05, 4.69) is 33.1 Å². The van der Waals surface area contributed by atoms with Crippen molar-refractivity contribution in [3.8, 4) is 5.75 Å². The number of benzene rings is 1. The number of amidine groups is 1. The van der Waals surface area contributed by atoms with E-state index in [0.29, 0.717) is 11.8 Å². The van der Waals surface area contributed by atoms with E-state index in [1.165, 1.54) is 11.8 Å². The molecule has 18 heavy (non-hydrogen) atoms. The molecular formula is C12H16BrN3OS. The fraction of sp³-hybridized carbons (Fsp3) is 0.333. The van der Waals surface area contributed by atoms with Crippen LogP contribution in [0.4, 0.5) is 0 Å². The van der Waals surface area contributed by atoms with E-state index in [4.69, 9.17) is 10.5 Å². The van der Waals surface area contributed by atoms with Crippen molar-refractivity contribution in [3.05, 3.63) is 28.2 Å². The molecule has 0 atom stereocenters. The largest absolute Gasteiger partial charge is 0.492 e. The van der Waals surface area contributed by atoms with Crippen LogP contribution in [0.2, 0.25) is 0 Å². The molecule has 4 nitrogen and oxygen atoms in total. The predicted molar refractivity (Wildman–Crippen MR) is 82.7 cm³/mol. The Labute approximate surface area is 120 Å². The van der Waals surface area contributed by atoms with Crippen LogP contribution in [0, 0.1) is 0 Å². The molecule has 0 saturated carbocycles. The molecule has 0 saturated heterocycles. The molecular weight excluding hydrogens is 314 g/mol. The molecule has 0 aliphatic rings. The van der Waals surface area contributed by atoms with Crippen LogP contribution in [0.3, 0.4) is 0 Å². The Balaban J connectivity index is 2.72. The molecule has 2 N–H and O–H groups in total. The second-order valence-electron chi connectivity index (χ2n) is 3.43. The average Bonchev–Trinajstić information content (AvgIpc) is 2.37. The first-order valence-corrected chi connectivity index (χ1v) is 7.52. The number of hydrogen-bond acceptors (Lipinski definition) is 4. The van der Waals surface area contributed by atoms with Crippen molar-refractivity contribution < 1.29 is 4.74 Å². The van der Waals surface area contributed by atoms with E-state index in [0.717, 1.165) is 22.2 Å². The molecule has 0 amide bonds. The molecule has 0 radical (unpaired) electrons. The van der Waals surface area contributed by atoms with Crippen LogP contribution in [0.1, 0.15) is 18.9 Å². The van der Waals surface area contributed by atoms with E-state index >= 15 is 0 Å². The van der Waals surface area contributed by atoms with Gasteiger partial charge in [-0.15, -0.1) is 5.10 Å². The molecule has 0 unspecified atom stereocenters. The van der Waals surface area contributed by atoms with E-state index in [-0.39, 0.29) is 0 Å². The number of nitrogens with zero attached hydrogens (tertiary/aromatic N) is 2. The normalized spacial score (nSPS) is 12.1. The van der Waals surface area contributed by atoms with Gasteiger partial charge in [-0.3, -0.25) is 0 Å². The van der Waals surface area contributed by atoms with Crippen LogP contribution in [0.15, 0.2) is 32.9 Å². The summed E-state index contributed by atoms with van der Waals surface area (Å²) in [5.41, 5.74) is 6.45. The van der Waals surface area contributed by atoms with Gasteiger partial charge in [0.2, 0.25) is 0 Å². The minimum Gasteiger partial charge on any atom is -0.492 e. The van der Waals surface area contributed by atoms with Gasteiger partial charge in [0.1, 0.15) is 5.75 Å². The minimum atomic E-state index is 0.438. The monoisotopic (exact) mass is 329 g/mol. The Morgan fingerprint density at radius 2 is 2.33 bits per heavy atom. The van der Waals surface area contributed by atoms with Gasteiger partial charge in [-0.1, -0.05) is 18.7 Å². The lowest BCUT2D eigenvalue weighted by Crippen LogP contribution is -2.03. The number of rotatable bonds is 5. The molecule has 0 heterocycles. The van der Waals surface area contributed by atoms with Gasteiger partial charge < -0.3 is 10.5 Å². The first kappa shape index (κ1) is 15.0. The molecule has 0 fully saturated rings. The standard InChI is InChI=1S/C12H16BrN3OS/c1-3-6-17-11-5-4-9(7-10(11)13)8-15-16-12(14)18-2/h4-5,7-8H,3,6H2,1-2H3,(H2,14,16)/b15-8-. The van der Waals surface area contributed by atoms with Crippen molar-refractivity contribution in [3.63, 3.8) is 0 Å². The molecule has 6 heteroatoms. The number of thioether (sulfide) groups is 1. The molecule has 1 aromatic rings. The highest BCUT2D eigenvalue weighted by Crippen LogP contribution is 2.25. The topological polar surface area (TPSA) is 60.0 Å². The summed E-state index contributed by atoms with van der Waals surface area (Å²) in [5, 5.41) is 8.16. The van der Waals surface area contributed by atoms with Gasteiger partial charge >= 0.3 is 0 Å². The Bertz CT molecular complexity index is 449. The molecule has 98 valence electrons. The van der Waals surface area contributed by atoms with Crippen LogP contribution < -0.4 is 10.5 Å². The zero-order valence-corrected chi connectivity index (χ0v) is 12.8. The van der Waals surface area contributed by atoms with Gasteiger partial charge in [-0.2, -0.15) is 5.10 Å². The van der Waals surface area contributed by atoms with Gasteiger partial charge in [0.15, 0.2) is 5.17 Å². The average molecular weight is 330 g/mol. The number of hydrogen-bond donors (Lipinski definition) is 1. The third kappa shape index (κ3) is 5.10. The zero-order chi connectivity index (χ0) is 13.4. The summed E-state index contributed by atoms with van der Waals surface area (Å²) in [6.45, 7) is 2.78. The zero-order valence-electron chi connectivity index (χ0n) is 10.4. The van der Waals surface area contributed by atoms with Crippen LogP contribution in [-0.4, -0.2) is 24.2 Å². The van der Waals surface area contributed by atoms with Gasteiger partial charge in [0, 0.05) is 0 Å². The summed E-state index contributed by atoms with van der Waals surface area (Å²) in [5.74, 6) is 0.834. The highest BCUT2D eigenvalue weighted by Gasteiger charge is 2.01. The highest BCUT2D eigenvalue weighted by atomic mass is 79.9. The summed E-state index contributed by atoms with van der Waals surface area (Å²) >= 11 is 4.82. The lowest BCUT2D eigenvalue weighted by atomic mass is 10.2. The number of halogens is 1. The fourth-order valence-corrected chi connectivity index (χ4v) is 1.76. The Morgan fingerprint density at radius 1 is 1.56 bits per heavy atom. The second-order valence-corrected chi connectivity index (χ2v) is 5.11. The van der Waals surface area contributed by atoms with Crippen molar-refractivity contribution in [2.75, 3.05) is 12.9 Å². The van der Waals surface area contributed by atoms with E-state index in [1.807, 2.05) is 24.5 Å². The van der Waals surface area contributed by atoms with E-state index < -0.39 is 0 Å². The quantitative estimate of drug-likeness (QED) is 0.512. The minimum absolute atomic E-state index is 0.438. The number of nitrogens with two attached hydrogens (primary N) is 1. The fourth-order valence-electron chi connectivity index (χ4n) is 1.12. The smallest absolute Gasteiger partial charge is 0.180 e. The Hall–Kier alpha value is -1.01. The number of ether oxygens (including phenoxy) is 1. The molecule has 1 rings (SSSR count). The maximum absolute atomic E-state index is 5.56. The van der Waals surface area contributed by atoms with Crippen molar-refractivity contribution in [1.29, 1.82) is 0 Å². The molecule has 0 aliphatic heterocycles. The summed E-state index contributed by atoms with van der Waals surface area (Å²) in [6.07, 6.45) is 4.49. The summed E-state index contributed by atoms with van der Waals surface area (Å²) in [4.78, 5) is 0. The summed E-state index contributed by atoms with van der Waals surface area (Å²) < 4.78 is 6.46. The highest BCUT2D eigenvalue weighted by molar-refractivity contribution is 9.10. The van der Waals surface area contributed by atoms with Crippen LogP contribution in [0.25, 0.3) is 0 Å². The Kier molecular flexibility index (Phi) is 6.82. The summed E-state index contributed by atoms with van der Waals surface area (Å²) in [6, 6.07) is 5.76. The van der Waals surface area contributed by atoms with Gasteiger partial charge in [0.25, 0.3) is 0 Å². The molecule has 0 aromatic heterocycles. The summed E-state index contributed by atoms with van der Waals surface area (Å²) in [7, 11) is 0. The molecule has 0 aliphatic carbocycles. The van der Waals surface area contributed by atoms with Crippen LogP contribution in [0.5, 0.6) is 5.75 Å².